The molecule has 0 bridgehead atoms. The number of rotatable bonds is 2. The molecule has 2 rings (SSSR count). The van der Waals surface area contributed by atoms with Gasteiger partial charge in [0.25, 0.3) is 0 Å². The van der Waals surface area contributed by atoms with Gasteiger partial charge in [-0.2, -0.15) is 0 Å². The van der Waals surface area contributed by atoms with E-state index in [1.807, 2.05) is 0 Å². The minimum atomic E-state index is 0.293. The molecule has 1 heterocycles. The summed E-state index contributed by atoms with van der Waals surface area (Å²) in [6, 6.07) is 2.53. The Balaban J connectivity index is 2.01. The lowest BCUT2D eigenvalue weighted by molar-refractivity contribution is 0.178. The highest BCUT2D eigenvalue weighted by Gasteiger charge is 2.31. The highest BCUT2D eigenvalue weighted by molar-refractivity contribution is 7.10. The van der Waals surface area contributed by atoms with Crippen LogP contribution < -0.4 is 5.73 Å². The third-order valence-electron chi connectivity index (χ3n) is 3.05. The van der Waals surface area contributed by atoms with Crippen LogP contribution in [0.2, 0.25) is 0 Å². The first kappa shape index (κ1) is 9.22. The summed E-state index contributed by atoms with van der Waals surface area (Å²) in [5.41, 5.74) is 7.53. The van der Waals surface area contributed by atoms with Crippen LogP contribution in [0.25, 0.3) is 0 Å². The normalized spacial score (nSPS) is 29.8. The molecule has 2 heteroatoms. The maximum absolute atomic E-state index is 6.18. The van der Waals surface area contributed by atoms with Crippen LogP contribution in [0, 0.1) is 18.8 Å². The minimum absolute atomic E-state index is 0.293. The van der Waals surface area contributed by atoms with Crippen molar-refractivity contribution < 1.29 is 0 Å². The van der Waals surface area contributed by atoms with E-state index in [1.165, 1.54) is 23.3 Å². The van der Waals surface area contributed by atoms with Crippen molar-refractivity contribution in [2.75, 3.05) is 0 Å². The smallest absolute Gasteiger partial charge is 0.0332 e. The lowest BCUT2D eigenvalue weighted by Gasteiger charge is -2.36. The van der Waals surface area contributed by atoms with Crippen molar-refractivity contribution in [3.8, 4) is 0 Å². The van der Waals surface area contributed by atoms with Crippen LogP contribution in [-0.2, 0) is 0 Å². The Morgan fingerprint density at radius 1 is 1.54 bits per heavy atom. The van der Waals surface area contributed by atoms with E-state index in [1.54, 1.807) is 11.3 Å². The fraction of sp³-hybridized carbons (Fsp3) is 0.636. The molecule has 0 unspecified atom stereocenters. The largest absolute Gasteiger partial charge is 0.324 e. The van der Waals surface area contributed by atoms with Crippen LogP contribution in [0.3, 0.4) is 0 Å². The van der Waals surface area contributed by atoms with Gasteiger partial charge in [0.1, 0.15) is 0 Å². The first-order chi connectivity index (χ1) is 6.16. The molecule has 1 aromatic rings. The van der Waals surface area contributed by atoms with Crippen molar-refractivity contribution in [1.82, 2.24) is 0 Å². The maximum atomic E-state index is 6.18. The summed E-state index contributed by atoms with van der Waals surface area (Å²) in [6.07, 6.45) is 2.63. The van der Waals surface area contributed by atoms with Crippen molar-refractivity contribution in [3.05, 3.63) is 21.9 Å². The molecule has 72 valence electrons. The molecule has 0 radical (unpaired) electrons. The van der Waals surface area contributed by atoms with Crippen LogP contribution >= 0.6 is 11.3 Å². The maximum Gasteiger partial charge on any atom is 0.0332 e. The van der Waals surface area contributed by atoms with E-state index in [9.17, 15) is 0 Å². The number of thiophene rings is 1. The van der Waals surface area contributed by atoms with Gasteiger partial charge < -0.3 is 5.73 Å². The summed E-state index contributed by atoms with van der Waals surface area (Å²) >= 11 is 1.81. The predicted molar refractivity (Wildman–Crippen MR) is 57.9 cm³/mol. The Hall–Kier alpha value is -0.340. The molecule has 1 saturated carbocycles. The summed E-state index contributed by atoms with van der Waals surface area (Å²) in [7, 11) is 0. The predicted octanol–water partition coefficient (Wildman–Crippen LogP) is 3.10. The van der Waals surface area contributed by atoms with Crippen molar-refractivity contribution in [3.63, 3.8) is 0 Å². The number of hydrogen-bond acceptors (Lipinski definition) is 2. The highest BCUT2D eigenvalue weighted by Crippen LogP contribution is 2.41. The zero-order chi connectivity index (χ0) is 9.42. The second-order valence-corrected chi connectivity index (χ2v) is 5.47. The summed E-state index contributed by atoms with van der Waals surface area (Å²) in [5, 5.41) is 2.21. The summed E-state index contributed by atoms with van der Waals surface area (Å²) in [6.45, 7) is 4.45. The van der Waals surface area contributed by atoms with Crippen molar-refractivity contribution in [1.29, 1.82) is 0 Å². The van der Waals surface area contributed by atoms with E-state index < -0.39 is 0 Å². The molecule has 1 atom stereocenters. The van der Waals surface area contributed by atoms with Gasteiger partial charge in [-0.25, -0.2) is 0 Å². The number of nitrogens with two attached hydrogens (primary N) is 1. The van der Waals surface area contributed by atoms with E-state index in [2.05, 4.69) is 25.3 Å². The average molecular weight is 195 g/mol. The molecule has 1 aromatic heterocycles. The molecule has 1 nitrogen and oxygen atoms in total. The number of aryl methyl sites for hydroxylation is 1. The summed E-state index contributed by atoms with van der Waals surface area (Å²) in [4.78, 5) is 1.37. The molecule has 0 amide bonds. The number of hydrogen-bond donors (Lipinski definition) is 1. The van der Waals surface area contributed by atoms with Crippen LogP contribution in [0.15, 0.2) is 11.4 Å². The van der Waals surface area contributed by atoms with Gasteiger partial charge in [-0.1, -0.05) is 6.92 Å². The quantitative estimate of drug-likeness (QED) is 0.771. The molecular weight excluding hydrogens is 178 g/mol. The van der Waals surface area contributed by atoms with Gasteiger partial charge in [-0.05, 0) is 48.6 Å². The van der Waals surface area contributed by atoms with Gasteiger partial charge in [-0.3, -0.25) is 0 Å². The zero-order valence-electron chi connectivity index (χ0n) is 8.29. The fourth-order valence-electron chi connectivity index (χ4n) is 2.17. The monoisotopic (exact) mass is 195 g/mol. The SMILES string of the molecule is Cc1cc([C@@H](N)C2CC(C)C2)cs1. The van der Waals surface area contributed by atoms with E-state index in [0.717, 1.165) is 11.8 Å². The van der Waals surface area contributed by atoms with Crippen molar-refractivity contribution >= 4 is 11.3 Å². The lowest BCUT2D eigenvalue weighted by atomic mass is 9.71. The topological polar surface area (TPSA) is 26.0 Å². The Morgan fingerprint density at radius 2 is 2.23 bits per heavy atom. The van der Waals surface area contributed by atoms with E-state index in [4.69, 9.17) is 5.73 Å². The third-order valence-corrected chi connectivity index (χ3v) is 3.93. The van der Waals surface area contributed by atoms with Crippen LogP contribution in [0.5, 0.6) is 0 Å². The average Bonchev–Trinajstić information content (AvgIpc) is 2.45. The summed E-state index contributed by atoms with van der Waals surface area (Å²) in [5.74, 6) is 1.64. The van der Waals surface area contributed by atoms with Gasteiger partial charge in [0.15, 0.2) is 0 Å². The minimum Gasteiger partial charge on any atom is -0.324 e. The molecule has 13 heavy (non-hydrogen) atoms. The van der Waals surface area contributed by atoms with Gasteiger partial charge in [0.05, 0.1) is 0 Å². The lowest BCUT2D eigenvalue weighted by Crippen LogP contribution is -2.31. The Morgan fingerprint density at radius 3 is 2.69 bits per heavy atom. The Labute approximate surface area is 84.0 Å². The van der Waals surface area contributed by atoms with Gasteiger partial charge >= 0.3 is 0 Å². The van der Waals surface area contributed by atoms with E-state index in [-0.39, 0.29) is 0 Å². The van der Waals surface area contributed by atoms with Crippen molar-refractivity contribution in [2.45, 2.75) is 32.7 Å². The molecule has 0 saturated heterocycles. The van der Waals surface area contributed by atoms with Crippen molar-refractivity contribution in [2.24, 2.45) is 17.6 Å². The molecule has 0 aliphatic heterocycles. The molecule has 2 N–H and O–H groups in total. The Kier molecular flexibility index (Phi) is 2.43. The zero-order valence-corrected chi connectivity index (χ0v) is 9.10. The standard InChI is InChI=1S/C11H17NS/c1-7-3-9(4-7)11(12)10-5-8(2)13-6-10/h5-7,9,11H,3-4,12H2,1-2H3/t7?,9?,11-/m0/s1. The highest BCUT2D eigenvalue weighted by atomic mass is 32.1. The van der Waals surface area contributed by atoms with E-state index in [0.29, 0.717) is 6.04 Å². The molecule has 0 spiro atoms. The fourth-order valence-corrected chi connectivity index (χ4v) is 2.92. The van der Waals surface area contributed by atoms with Crippen LogP contribution in [-0.4, -0.2) is 0 Å². The molecule has 1 aliphatic rings. The first-order valence-electron chi connectivity index (χ1n) is 4.97. The van der Waals surface area contributed by atoms with Gasteiger partial charge in [0, 0.05) is 10.9 Å². The molecule has 1 aliphatic carbocycles. The van der Waals surface area contributed by atoms with E-state index >= 15 is 0 Å². The van der Waals surface area contributed by atoms with Crippen LogP contribution in [0.4, 0.5) is 0 Å². The molecular formula is C11H17NS. The second kappa shape index (κ2) is 3.43. The summed E-state index contributed by atoms with van der Waals surface area (Å²) < 4.78 is 0. The first-order valence-corrected chi connectivity index (χ1v) is 5.85. The third kappa shape index (κ3) is 1.79. The molecule has 0 aromatic carbocycles. The Bertz CT molecular complexity index is 286. The molecule has 1 fully saturated rings. The van der Waals surface area contributed by atoms with Gasteiger partial charge in [0.2, 0.25) is 0 Å². The van der Waals surface area contributed by atoms with Crippen LogP contribution in [0.1, 0.15) is 36.2 Å². The van der Waals surface area contributed by atoms with Gasteiger partial charge in [-0.15, -0.1) is 11.3 Å². The second-order valence-electron chi connectivity index (χ2n) is 4.35.